The number of fused-ring (bicyclic) bond motifs is 1. The fourth-order valence-electron chi connectivity index (χ4n) is 3.49. The van der Waals surface area contributed by atoms with Crippen molar-refractivity contribution in [2.75, 3.05) is 19.6 Å². The Kier molecular flexibility index (Phi) is 3.97. The third-order valence-corrected chi connectivity index (χ3v) is 5.65. The molecule has 4 rings (SSSR count). The number of benzene rings is 1. The number of hydrogen-bond acceptors (Lipinski definition) is 5. The molecule has 0 saturated carbocycles. The highest BCUT2D eigenvalue weighted by Gasteiger charge is 2.38. The Morgan fingerprint density at radius 1 is 1.40 bits per heavy atom. The van der Waals surface area contributed by atoms with Crippen LogP contribution in [0.1, 0.15) is 23.9 Å². The molecule has 0 spiro atoms. The summed E-state index contributed by atoms with van der Waals surface area (Å²) >= 11 is 3.53. The lowest BCUT2D eigenvalue weighted by molar-refractivity contribution is -0.140. The molecular weight excluding hydrogens is 386 g/mol. The maximum atomic E-state index is 12.4. The van der Waals surface area contributed by atoms with Crippen molar-refractivity contribution < 1.29 is 14.3 Å². The van der Waals surface area contributed by atoms with Gasteiger partial charge in [0, 0.05) is 23.1 Å². The molecule has 0 unspecified atom stereocenters. The van der Waals surface area contributed by atoms with Crippen LogP contribution >= 0.6 is 15.9 Å². The standard InChI is InChI=1S/C18H20BrN3O3/c1-11-12(4-3-5-13(11)19)17-20-14-6-22(7-15(14)25-17)16(23)8-21-9-18(2,24)10-21/h3-5,24H,6-10H2,1-2H3. The van der Waals surface area contributed by atoms with Gasteiger partial charge in [-0.15, -0.1) is 0 Å². The first kappa shape index (κ1) is 16.8. The average molecular weight is 406 g/mol. The van der Waals surface area contributed by atoms with E-state index in [1.165, 1.54) is 0 Å². The van der Waals surface area contributed by atoms with Gasteiger partial charge in [0.15, 0.2) is 0 Å². The number of nitrogens with zero attached hydrogens (tertiary/aromatic N) is 3. The van der Waals surface area contributed by atoms with Crippen LogP contribution in [0.3, 0.4) is 0 Å². The topological polar surface area (TPSA) is 69.8 Å². The molecule has 2 aliphatic rings. The van der Waals surface area contributed by atoms with Crippen molar-refractivity contribution >= 4 is 21.8 Å². The van der Waals surface area contributed by atoms with Crippen LogP contribution in [0, 0.1) is 6.92 Å². The number of β-amino-alcohol motifs (C(OH)–C–C–N with tert-alkyl or cyclic N) is 1. The molecule has 2 aromatic rings. The predicted octanol–water partition coefficient (Wildman–Crippen LogP) is 2.32. The highest BCUT2D eigenvalue weighted by atomic mass is 79.9. The second kappa shape index (κ2) is 5.93. The van der Waals surface area contributed by atoms with Gasteiger partial charge < -0.3 is 14.4 Å². The molecule has 0 aliphatic carbocycles. The molecule has 25 heavy (non-hydrogen) atoms. The van der Waals surface area contributed by atoms with E-state index < -0.39 is 5.60 Å². The zero-order valence-corrected chi connectivity index (χ0v) is 15.8. The lowest BCUT2D eigenvalue weighted by Gasteiger charge is -2.44. The minimum absolute atomic E-state index is 0.0453. The summed E-state index contributed by atoms with van der Waals surface area (Å²) in [5, 5.41) is 9.76. The van der Waals surface area contributed by atoms with Crippen LogP contribution < -0.4 is 0 Å². The van der Waals surface area contributed by atoms with E-state index in [1.807, 2.05) is 30.0 Å². The van der Waals surface area contributed by atoms with Crippen molar-refractivity contribution in [3.05, 3.63) is 39.7 Å². The van der Waals surface area contributed by atoms with E-state index in [4.69, 9.17) is 4.42 Å². The second-order valence-corrected chi connectivity index (χ2v) is 8.05. The first-order valence-electron chi connectivity index (χ1n) is 8.29. The first-order valence-corrected chi connectivity index (χ1v) is 9.08. The number of oxazole rings is 1. The number of aliphatic hydroxyl groups is 1. The summed E-state index contributed by atoms with van der Waals surface area (Å²) < 4.78 is 6.95. The van der Waals surface area contributed by atoms with Gasteiger partial charge in [-0.2, -0.15) is 0 Å². The lowest BCUT2D eigenvalue weighted by Crippen LogP contribution is -2.61. The Hall–Kier alpha value is -1.70. The molecule has 3 heterocycles. The number of aromatic nitrogens is 1. The van der Waals surface area contributed by atoms with Crippen LogP contribution in [-0.2, 0) is 17.9 Å². The summed E-state index contributed by atoms with van der Waals surface area (Å²) in [5.74, 6) is 1.41. The van der Waals surface area contributed by atoms with E-state index in [1.54, 1.807) is 11.8 Å². The molecule has 1 aromatic carbocycles. The molecule has 1 saturated heterocycles. The van der Waals surface area contributed by atoms with E-state index in [0.717, 1.165) is 27.1 Å². The number of rotatable bonds is 3. The molecule has 132 valence electrons. The first-order chi connectivity index (χ1) is 11.8. The summed E-state index contributed by atoms with van der Waals surface area (Å²) in [6, 6.07) is 5.93. The largest absolute Gasteiger partial charge is 0.439 e. The molecule has 1 amide bonds. The van der Waals surface area contributed by atoms with E-state index in [0.29, 0.717) is 38.6 Å². The molecule has 6 nitrogen and oxygen atoms in total. The van der Waals surface area contributed by atoms with Crippen LogP contribution in [0.2, 0.25) is 0 Å². The third kappa shape index (κ3) is 3.12. The Morgan fingerprint density at radius 2 is 2.16 bits per heavy atom. The smallest absolute Gasteiger partial charge is 0.237 e. The Morgan fingerprint density at radius 3 is 2.84 bits per heavy atom. The molecule has 1 N–H and O–H groups in total. The van der Waals surface area contributed by atoms with Crippen LogP contribution in [0.15, 0.2) is 27.1 Å². The third-order valence-electron chi connectivity index (χ3n) is 4.79. The molecule has 1 fully saturated rings. The normalized spacial score (nSPS) is 19.0. The summed E-state index contributed by atoms with van der Waals surface area (Å²) in [6.45, 7) is 6.16. The summed E-state index contributed by atoms with van der Waals surface area (Å²) in [5.41, 5.74) is 2.22. The Bertz CT molecular complexity index is 815. The number of hydrogen-bond donors (Lipinski definition) is 1. The van der Waals surface area contributed by atoms with Gasteiger partial charge in [-0.25, -0.2) is 4.98 Å². The number of carbonyl (C=O) groups excluding carboxylic acids is 1. The minimum Gasteiger partial charge on any atom is -0.439 e. The number of amides is 1. The highest BCUT2D eigenvalue weighted by Crippen LogP contribution is 2.32. The summed E-state index contributed by atoms with van der Waals surface area (Å²) in [7, 11) is 0. The molecule has 1 aromatic heterocycles. The van der Waals surface area contributed by atoms with Crippen molar-refractivity contribution in [3.63, 3.8) is 0 Å². The predicted molar refractivity (Wildman–Crippen MR) is 95.7 cm³/mol. The summed E-state index contributed by atoms with van der Waals surface area (Å²) in [6.07, 6.45) is 0. The van der Waals surface area contributed by atoms with Crippen LogP contribution in [-0.4, -0.2) is 51.0 Å². The van der Waals surface area contributed by atoms with E-state index in [9.17, 15) is 9.90 Å². The van der Waals surface area contributed by atoms with Gasteiger partial charge in [-0.3, -0.25) is 9.69 Å². The van der Waals surface area contributed by atoms with Crippen molar-refractivity contribution in [1.82, 2.24) is 14.8 Å². The number of halogens is 1. The minimum atomic E-state index is -0.657. The monoisotopic (exact) mass is 405 g/mol. The van der Waals surface area contributed by atoms with Gasteiger partial charge in [0.1, 0.15) is 11.5 Å². The van der Waals surface area contributed by atoms with Crippen molar-refractivity contribution in [2.24, 2.45) is 0 Å². The van der Waals surface area contributed by atoms with Crippen LogP contribution in [0.4, 0.5) is 0 Å². The fourth-order valence-corrected chi connectivity index (χ4v) is 3.86. The highest BCUT2D eigenvalue weighted by molar-refractivity contribution is 9.10. The lowest BCUT2D eigenvalue weighted by atomic mass is 9.97. The molecule has 0 atom stereocenters. The van der Waals surface area contributed by atoms with Gasteiger partial charge in [0.25, 0.3) is 0 Å². The fraction of sp³-hybridized carbons (Fsp3) is 0.444. The van der Waals surface area contributed by atoms with Crippen molar-refractivity contribution in [1.29, 1.82) is 0 Å². The quantitative estimate of drug-likeness (QED) is 0.848. The molecular formula is C18H20BrN3O3. The van der Waals surface area contributed by atoms with E-state index in [-0.39, 0.29) is 5.91 Å². The number of likely N-dealkylation sites (tertiary alicyclic amines) is 1. The zero-order valence-electron chi connectivity index (χ0n) is 14.3. The van der Waals surface area contributed by atoms with E-state index in [2.05, 4.69) is 20.9 Å². The van der Waals surface area contributed by atoms with Crippen molar-refractivity contribution in [2.45, 2.75) is 32.5 Å². The summed E-state index contributed by atoms with van der Waals surface area (Å²) in [4.78, 5) is 20.7. The molecule has 7 heteroatoms. The maximum Gasteiger partial charge on any atom is 0.237 e. The Labute approximate surface area is 154 Å². The molecule has 0 bridgehead atoms. The SMILES string of the molecule is Cc1c(Br)cccc1-c1nc2c(o1)CN(C(=O)CN1CC(C)(O)C1)C2. The second-order valence-electron chi connectivity index (χ2n) is 7.19. The van der Waals surface area contributed by atoms with Crippen LogP contribution in [0.25, 0.3) is 11.5 Å². The van der Waals surface area contributed by atoms with E-state index >= 15 is 0 Å². The van der Waals surface area contributed by atoms with Gasteiger partial charge in [0.2, 0.25) is 11.8 Å². The number of carbonyl (C=O) groups is 1. The zero-order chi connectivity index (χ0) is 17.8. The van der Waals surface area contributed by atoms with Gasteiger partial charge in [-0.1, -0.05) is 22.0 Å². The van der Waals surface area contributed by atoms with Gasteiger partial charge >= 0.3 is 0 Å². The Balaban J connectivity index is 1.43. The molecule has 2 aliphatic heterocycles. The average Bonchev–Trinajstić information content (AvgIpc) is 3.06. The van der Waals surface area contributed by atoms with Gasteiger partial charge in [0.05, 0.1) is 25.2 Å². The molecule has 0 radical (unpaired) electrons. The van der Waals surface area contributed by atoms with Crippen LogP contribution in [0.5, 0.6) is 0 Å². The van der Waals surface area contributed by atoms with Crippen molar-refractivity contribution in [3.8, 4) is 11.5 Å². The van der Waals surface area contributed by atoms with Gasteiger partial charge in [-0.05, 0) is 31.5 Å². The maximum absolute atomic E-state index is 12.4.